The summed E-state index contributed by atoms with van der Waals surface area (Å²) in [7, 11) is 0. The van der Waals surface area contributed by atoms with Gasteiger partial charge >= 0.3 is 6.03 Å². The molecular weight excluding hydrogens is 428 g/mol. The van der Waals surface area contributed by atoms with E-state index in [0.29, 0.717) is 40.3 Å². The summed E-state index contributed by atoms with van der Waals surface area (Å²) in [6, 6.07) is 23.4. The zero-order chi connectivity index (χ0) is 23.3. The summed E-state index contributed by atoms with van der Waals surface area (Å²) in [5, 5.41) is 5.55. The molecule has 166 valence electrons. The standard InChI is InChI=1S/C26H20N6O2/c33-25-23(16-18-6-2-1-3-7-18)31-22-10-5-13-28-24(22)32(25)21-9-4-8-20(17-21)30-26(34)29-19-11-14-27-15-12-19/h1-15,17H,16H2,(H2,27,29,30,34). The van der Waals surface area contributed by atoms with Gasteiger partial charge < -0.3 is 10.6 Å². The quantitative estimate of drug-likeness (QED) is 0.415. The highest BCUT2D eigenvalue weighted by atomic mass is 16.2. The Kier molecular flexibility index (Phi) is 5.77. The molecule has 0 aliphatic rings. The summed E-state index contributed by atoms with van der Waals surface area (Å²) in [4.78, 5) is 38.9. The maximum Gasteiger partial charge on any atom is 0.323 e. The number of urea groups is 1. The molecule has 8 nitrogen and oxygen atoms in total. The summed E-state index contributed by atoms with van der Waals surface area (Å²) >= 11 is 0. The summed E-state index contributed by atoms with van der Waals surface area (Å²) < 4.78 is 1.53. The molecule has 0 aliphatic carbocycles. The van der Waals surface area contributed by atoms with Crippen LogP contribution in [0.4, 0.5) is 16.2 Å². The van der Waals surface area contributed by atoms with Crippen LogP contribution in [0.3, 0.4) is 0 Å². The first-order valence-corrected chi connectivity index (χ1v) is 10.7. The minimum atomic E-state index is -0.404. The van der Waals surface area contributed by atoms with E-state index in [1.807, 2.05) is 36.4 Å². The number of rotatable bonds is 5. The third-order valence-electron chi connectivity index (χ3n) is 5.20. The number of hydrogen-bond donors (Lipinski definition) is 2. The number of amides is 2. The van der Waals surface area contributed by atoms with Gasteiger partial charge in [-0.05, 0) is 48.0 Å². The highest BCUT2D eigenvalue weighted by molar-refractivity contribution is 5.99. The zero-order valence-corrected chi connectivity index (χ0v) is 18.1. The van der Waals surface area contributed by atoms with E-state index in [0.717, 1.165) is 5.56 Å². The molecule has 2 amide bonds. The van der Waals surface area contributed by atoms with Crippen molar-refractivity contribution in [3.05, 3.63) is 119 Å². The molecule has 2 N–H and O–H groups in total. The second-order valence-corrected chi connectivity index (χ2v) is 7.57. The van der Waals surface area contributed by atoms with E-state index < -0.39 is 6.03 Å². The monoisotopic (exact) mass is 448 g/mol. The van der Waals surface area contributed by atoms with Gasteiger partial charge in [0.1, 0.15) is 11.2 Å². The number of anilines is 2. The fourth-order valence-corrected chi connectivity index (χ4v) is 3.66. The lowest BCUT2D eigenvalue weighted by molar-refractivity contribution is 0.262. The fourth-order valence-electron chi connectivity index (χ4n) is 3.66. The van der Waals surface area contributed by atoms with E-state index in [1.165, 1.54) is 4.57 Å². The van der Waals surface area contributed by atoms with Crippen LogP contribution in [-0.4, -0.2) is 25.6 Å². The van der Waals surface area contributed by atoms with E-state index in [4.69, 9.17) is 0 Å². The highest BCUT2D eigenvalue weighted by Gasteiger charge is 2.15. The molecule has 34 heavy (non-hydrogen) atoms. The number of benzene rings is 2. The van der Waals surface area contributed by atoms with E-state index in [2.05, 4.69) is 25.6 Å². The molecule has 2 aromatic carbocycles. The van der Waals surface area contributed by atoms with Gasteiger partial charge in [0.25, 0.3) is 5.56 Å². The van der Waals surface area contributed by atoms with Crippen molar-refractivity contribution in [2.45, 2.75) is 6.42 Å². The molecule has 8 heteroatoms. The van der Waals surface area contributed by atoms with Gasteiger partial charge in [-0.15, -0.1) is 0 Å². The maximum atomic E-state index is 13.5. The van der Waals surface area contributed by atoms with Crippen LogP contribution in [0.15, 0.2) is 102 Å². The second-order valence-electron chi connectivity index (χ2n) is 7.57. The largest absolute Gasteiger partial charge is 0.323 e. The summed E-state index contributed by atoms with van der Waals surface area (Å²) in [6.45, 7) is 0. The number of nitrogens with zero attached hydrogens (tertiary/aromatic N) is 4. The van der Waals surface area contributed by atoms with Crippen LogP contribution in [-0.2, 0) is 6.42 Å². The molecule has 3 heterocycles. The van der Waals surface area contributed by atoms with Crippen molar-refractivity contribution in [2.24, 2.45) is 0 Å². The predicted octanol–water partition coefficient (Wildman–Crippen LogP) is 4.41. The van der Waals surface area contributed by atoms with E-state index in [-0.39, 0.29) is 5.56 Å². The van der Waals surface area contributed by atoms with Gasteiger partial charge in [-0.2, -0.15) is 0 Å². The van der Waals surface area contributed by atoms with Crippen molar-refractivity contribution in [3.8, 4) is 5.69 Å². The van der Waals surface area contributed by atoms with Gasteiger partial charge in [0, 0.05) is 36.4 Å². The van der Waals surface area contributed by atoms with Gasteiger partial charge in [0.15, 0.2) is 5.65 Å². The van der Waals surface area contributed by atoms with Crippen molar-refractivity contribution < 1.29 is 4.79 Å². The predicted molar refractivity (Wildman–Crippen MR) is 131 cm³/mol. The first kappa shape index (κ1) is 21.0. The fraction of sp³-hybridized carbons (Fsp3) is 0.0385. The van der Waals surface area contributed by atoms with Crippen LogP contribution in [0.1, 0.15) is 11.3 Å². The third kappa shape index (κ3) is 4.51. The Labute approximate surface area is 195 Å². The number of carbonyl (C=O) groups excluding carboxylic acids is 1. The first-order valence-electron chi connectivity index (χ1n) is 10.7. The molecular formula is C26H20N6O2. The first-order chi connectivity index (χ1) is 16.7. The molecule has 5 rings (SSSR count). The van der Waals surface area contributed by atoms with Gasteiger partial charge in [-0.1, -0.05) is 36.4 Å². The second kappa shape index (κ2) is 9.33. The normalized spacial score (nSPS) is 10.7. The lowest BCUT2D eigenvalue weighted by Gasteiger charge is -2.13. The number of aromatic nitrogens is 4. The molecule has 0 bridgehead atoms. The number of fused-ring (bicyclic) bond motifs is 1. The van der Waals surface area contributed by atoms with Crippen LogP contribution in [0.25, 0.3) is 16.9 Å². The smallest absolute Gasteiger partial charge is 0.308 e. The molecule has 0 radical (unpaired) electrons. The number of pyridine rings is 2. The van der Waals surface area contributed by atoms with Crippen LogP contribution >= 0.6 is 0 Å². The molecule has 0 spiro atoms. The molecule has 0 fully saturated rings. The maximum absolute atomic E-state index is 13.5. The minimum Gasteiger partial charge on any atom is -0.308 e. The minimum absolute atomic E-state index is 0.256. The summed E-state index contributed by atoms with van der Waals surface area (Å²) in [6.07, 6.45) is 5.21. The van der Waals surface area contributed by atoms with Crippen molar-refractivity contribution >= 4 is 28.6 Å². The zero-order valence-electron chi connectivity index (χ0n) is 18.1. The van der Waals surface area contributed by atoms with Crippen LogP contribution in [0, 0.1) is 0 Å². The molecule has 3 aromatic heterocycles. The van der Waals surface area contributed by atoms with Crippen molar-refractivity contribution in [1.29, 1.82) is 0 Å². The van der Waals surface area contributed by atoms with E-state index in [9.17, 15) is 9.59 Å². The Bertz CT molecular complexity index is 1520. The lowest BCUT2D eigenvalue weighted by Crippen LogP contribution is -2.25. The molecule has 0 saturated carbocycles. The SMILES string of the molecule is O=C(Nc1ccncc1)Nc1cccc(-n2c(=O)c(Cc3ccccc3)nc3cccnc32)c1. The van der Waals surface area contributed by atoms with Gasteiger partial charge in [0.2, 0.25) is 0 Å². The lowest BCUT2D eigenvalue weighted by atomic mass is 10.1. The Hall–Kier alpha value is -4.85. The van der Waals surface area contributed by atoms with E-state index >= 15 is 0 Å². The summed E-state index contributed by atoms with van der Waals surface area (Å²) in [5.74, 6) is 0. The van der Waals surface area contributed by atoms with Gasteiger partial charge in [-0.25, -0.2) is 14.8 Å². The highest BCUT2D eigenvalue weighted by Crippen LogP contribution is 2.19. The Morgan fingerprint density at radius 2 is 1.62 bits per heavy atom. The number of carbonyl (C=O) groups is 1. The Balaban J connectivity index is 1.52. The third-order valence-corrected chi connectivity index (χ3v) is 5.20. The van der Waals surface area contributed by atoms with Gasteiger partial charge in [-0.3, -0.25) is 14.3 Å². The van der Waals surface area contributed by atoms with Crippen LogP contribution in [0.5, 0.6) is 0 Å². The number of nitrogens with one attached hydrogen (secondary N) is 2. The van der Waals surface area contributed by atoms with Gasteiger partial charge in [0.05, 0.1) is 5.69 Å². The summed E-state index contributed by atoms with van der Waals surface area (Å²) in [5.41, 5.74) is 3.94. The molecule has 0 aliphatic heterocycles. The van der Waals surface area contributed by atoms with Crippen LogP contribution < -0.4 is 16.2 Å². The van der Waals surface area contributed by atoms with Crippen molar-refractivity contribution in [1.82, 2.24) is 19.5 Å². The Morgan fingerprint density at radius 1 is 0.824 bits per heavy atom. The molecule has 0 atom stereocenters. The van der Waals surface area contributed by atoms with E-state index in [1.54, 1.807) is 61.1 Å². The van der Waals surface area contributed by atoms with Crippen molar-refractivity contribution in [2.75, 3.05) is 10.6 Å². The number of hydrogen-bond acceptors (Lipinski definition) is 5. The Morgan fingerprint density at radius 3 is 2.44 bits per heavy atom. The van der Waals surface area contributed by atoms with Crippen molar-refractivity contribution in [3.63, 3.8) is 0 Å². The molecule has 0 unspecified atom stereocenters. The topological polar surface area (TPSA) is 102 Å². The average molecular weight is 448 g/mol. The average Bonchev–Trinajstić information content (AvgIpc) is 2.86. The molecule has 5 aromatic rings. The molecule has 0 saturated heterocycles. The van der Waals surface area contributed by atoms with Crippen LogP contribution in [0.2, 0.25) is 0 Å².